The van der Waals surface area contributed by atoms with Crippen LogP contribution in [0, 0.1) is 6.92 Å². The van der Waals surface area contributed by atoms with Gasteiger partial charge < -0.3 is 47.9 Å². The summed E-state index contributed by atoms with van der Waals surface area (Å²) in [6.45, 7) is 32.7. The van der Waals surface area contributed by atoms with Crippen molar-refractivity contribution in [2.45, 2.75) is 194 Å². The highest BCUT2D eigenvalue weighted by molar-refractivity contribution is 5.64. The van der Waals surface area contributed by atoms with Crippen LogP contribution in [0.1, 0.15) is 193 Å². The van der Waals surface area contributed by atoms with Gasteiger partial charge in [0.1, 0.15) is 30.3 Å². The van der Waals surface area contributed by atoms with Gasteiger partial charge in [-0.2, -0.15) is 0 Å². The van der Waals surface area contributed by atoms with Gasteiger partial charge in [0, 0.05) is 68.5 Å². The van der Waals surface area contributed by atoms with Crippen molar-refractivity contribution in [1.29, 1.82) is 0 Å². The van der Waals surface area contributed by atoms with E-state index in [2.05, 4.69) is 118 Å². The summed E-state index contributed by atoms with van der Waals surface area (Å²) in [6, 6.07) is 17.3. The minimum Gasteiger partial charge on any atom is -0.493 e. The zero-order valence-electron chi connectivity index (χ0n) is 48.9. The van der Waals surface area contributed by atoms with Gasteiger partial charge in [-0.15, -0.1) is 0 Å². The molecular formula is C66H105N3O7. The van der Waals surface area contributed by atoms with Crippen molar-refractivity contribution in [1.82, 2.24) is 0 Å². The van der Waals surface area contributed by atoms with Crippen molar-refractivity contribution in [2.75, 3.05) is 107 Å². The van der Waals surface area contributed by atoms with Crippen molar-refractivity contribution in [3.8, 4) is 28.7 Å². The number of benzene rings is 3. The highest BCUT2D eigenvalue weighted by Gasteiger charge is 2.32. The molecule has 0 aromatic heterocycles. The first-order valence-electron chi connectivity index (χ1n) is 30.4. The number of morpholine rings is 2. The van der Waals surface area contributed by atoms with Crippen LogP contribution in [0.25, 0.3) is 0 Å². The Morgan fingerprint density at radius 3 is 1.50 bits per heavy atom. The third kappa shape index (κ3) is 22.8. The predicted molar refractivity (Wildman–Crippen MR) is 321 cm³/mol. The minimum absolute atomic E-state index is 0.0487. The summed E-state index contributed by atoms with van der Waals surface area (Å²) in [7, 11) is 0. The van der Waals surface area contributed by atoms with Gasteiger partial charge >= 0.3 is 0 Å². The number of hydrogen-bond acceptors (Lipinski definition) is 10. The van der Waals surface area contributed by atoms with Crippen LogP contribution in [-0.4, -0.2) is 97.7 Å². The number of piperidine rings is 1. The number of unbranched alkanes of at least 4 members (excludes halogenated alkanes) is 16. The molecule has 1 unspecified atom stereocenters. The Hall–Kier alpha value is -4.54. The average molecular weight is 1050 g/mol. The smallest absolute Gasteiger partial charge is 0.203 e. The van der Waals surface area contributed by atoms with Gasteiger partial charge in [-0.1, -0.05) is 149 Å². The maximum atomic E-state index is 6.27. The Kier molecular flexibility index (Phi) is 30.0. The first-order chi connectivity index (χ1) is 37.2. The van der Waals surface area contributed by atoms with Crippen molar-refractivity contribution < 1.29 is 33.2 Å². The van der Waals surface area contributed by atoms with Gasteiger partial charge in [-0.05, 0) is 113 Å². The summed E-state index contributed by atoms with van der Waals surface area (Å²) in [5.41, 5.74) is 6.25. The number of nitrogens with zero attached hydrogens (tertiary/aromatic N) is 3. The predicted octanol–water partition coefficient (Wildman–Crippen LogP) is 16.6. The molecule has 0 spiro atoms. The summed E-state index contributed by atoms with van der Waals surface area (Å²) in [4.78, 5) is 7.19. The molecule has 1 atom stereocenters. The SMILES string of the molecule is C=CCOc1cc(N2CCCCC2)cc(OCC=C)c1OCCCCCCCCCCCCCCCC.CC1CC(C)(C)Oc2ccc(N3CCOCC3)cc21.CCCCCCOc1ccc(N2CCOCC2)cc1C. The minimum atomic E-state index is -0.0487. The third-order valence-electron chi connectivity index (χ3n) is 15.1. The summed E-state index contributed by atoms with van der Waals surface area (Å²) in [5, 5.41) is 0. The third-order valence-corrected chi connectivity index (χ3v) is 15.1. The quantitative estimate of drug-likeness (QED) is 0.0459. The van der Waals surface area contributed by atoms with Crippen LogP contribution >= 0.6 is 0 Å². The summed E-state index contributed by atoms with van der Waals surface area (Å²) in [5.74, 6) is 4.83. The van der Waals surface area contributed by atoms with E-state index < -0.39 is 0 Å². The van der Waals surface area contributed by atoms with Gasteiger partial charge in [0.15, 0.2) is 11.5 Å². The molecule has 0 N–H and O–H groups in total. The van der Waals surface area contributed by atoms with Crippen molar-refractivity contribution >= 4 is 17.1 Å². The summed E-state index contributed by atoms with van der Waals surface area (Å²) in [6.07, 6.45) is 32.3. The number of fused-ring (bicyclic) bond motifs is 1. The van der Waals surface area contributed by atoms with Gasteiger partial charge in [-0.25, -0.2) is 0 Å². The van der Waals surface area contributed by atoms with E-state index in [-0.39, 0.29) is 5.60 Å². The summed E-state index contributed by atoms with van der Waals surface area (Å²) < 4.78 is 41.1. The molecule has 0 radical (unpaired) electrons. The molecule has 10 heteroatoms. The lowest BCUT2D eigenvalue weighted by atomic mass is 9.85. The molecule has 0 bridgehead atoms. The fourth-order valence-corrected chi connectivity index (χ4v) is 10.8. The summed E-state index contributed by atoms with van der Waals surface area (Å²) >= 11 is 0. The van der Waals surface area contributed by atoms with Gasteiger partial charge in [0.2, 0.25) is 5.75 Å². The van der Waals surface area contributed by atoms with Crippen molar-refractivity contribution in [3.05, 3.63) is 85.0 Å². The molecular weight excluding hydrogens is 947 g/mol. The first-order valence-corrected chi connectivity index (χ1v) is 30.4. The van der Waals surface area contributed by atoms with Gasteiger partial charge in [-0.3, -0.25) is 0 Å². The second kappa shape index (κ2) is 36.5. The van der Waals surface area contributed by atoms with E-state index in [0.717, 1.165) is 120 Å². The number of aryl methyl sites for hydroxylation is 1. The highest BCUT2D eigenvalue weighted by Crippen LogP contribution is 2.44. The Morgan fingerprint density at radius 1 is 0.526 bits per heavy atom. The van der Waals surface area contributed by atoms with Gasteiger partial charge in [0.25, 0.3) is 0 Å². The molecule has 4 heterocycles. The number of rotatable bonds is 31. The topological polar surface area (TPSA) is 74.3 Å². The van der Waals surface area contributed by atoms with Crippen LogP contribution in [-0.2, 0) is 9.47 Å². The van der Waals surface area contributed by atoms with E-state index >= 15 is 0 Å². The maximum Gasteiger partial charge on any atom is 0.203 e. The number of hydrogen-bond donors (Lipinski definition) is 0. The fraction of sp³-hybridized carbons (Fsp3) is 0.667. The van der Waals surface area contributed by atoms with Crippen LogP contribution in [0.15, 0.2) is 73.8 Å². The molecule has 76 heavy (non-hydrogen) atoms. The van der Waals surface area contributed by atoms with Crippen LogP contribution in [0.5, 0.6) is 28.7 Å². The Morgan fingerprint density at radius 2 is 0.987 bits per heavy atom. The second-order valence-corrected chi connectivity index (χ2v) is 22.2. The fourth-order valence-electron chi connectivity index (χ4n) is 10.8. The molecule has 0 saturated carbocycles. The van der Waals surface area contributed by atoms with E-state index in [0.29, 0.717) is 31.5 Å². The van der Waals surface area contributed by atoms with Crippen molar-refractivity contribution in [3.63, 3.8) is 0 Å². The lowest BCUT2D eigenvalue weighted by molar-refractivity contribution is 0.0746. The highest BCUT2D eigenvalue weighted by atomic mass is 16.5. The number of anilines is 3. The van der Waals surface area contributed by atoms with E-state index in [9.17, 15) is 0 Å². The van der Waals surface area contributed by atoms with Crippen LogP contribution in [0.4, 0.5) is 17.1 Å². The molecule has 4 aliphatic rings. The van der Waals surface area contributed by atoms with E-state index in [1.807, 2.05) is 0 Å². The Balaban J connectivity index is 0.000000229. The number of ether oxygens (including phenoxy) is 7. The molecule has 3 fully saturated rings. The molecule has 10 nitrogen and oxygen atoms in total. The normalized spacial score (nSPS) is 17.0. The zero-order chi connectivity index (χ0) is 54.1. The molecule has 3 saturated heterocycles. The zero-order valence-corrected chi connectivity index (χ0v) is 48.9. The van der Waals surface area contributed by atoms with Crippen molar-refractivity contribution in [2.24, 2.45) is 0 Å². The standard InChI is InChI=1S/C33H55NO3.C17H27NO2.C16H23NO2/c1-4-7-8-9-10-11-12-13-14-15-16-17-18-22-27-37-33-31(35-25-5-2)28-30(29-32(33)36-26-6-3)34-23-20-19-21-24-34;1-3-4-5-6-11-20-17-8-7-16(14-15(17)2)18-9-12-19-13-10-18;1-12-11-16(2,3)19-15-5-4-13(10-14(12)15)17-6-8-18-9-7-17/h5-6,28-29H,2-4,7-27H2,1H3;7-8,14H,3-6,9-13H2,1-2H3;4-5,10,12H,6-9,11H2,1-3H3. The molecule has 3 aromatic carbocycles. The monoisotopic (exact) mass is 1050 g/mol. The lowest BCUT2D eigenvalue weighted by Crippen LogP contribution is -2.37. The largest absolute Gasteiger partial charge is 0.493 e. The second-order valence-electron chi connectivity index (χ2n) is 22.2. The molecule has 4 aliphatic heterocycles. The van der Waals surface area contributed by atoms with Crippen LogP contribution < -0.4 is 38.4 Å². The Labute approximate surface area is 463 Å². The molecule has 0 aliphatic carbocycles. The molecule has 7 rings (SSSR count). The Bertz CT molecular complexity index is 2010. The molecule has 3 aromatic rings. The van der Waals surface area contributed by atoms with Gasteiger partial charge in [0.05, 0.1) is 39.6 Å². The van der Waals surface area contributed by atoms with E-state index in [1.54, 1.807) is 12.2 Å². The maximum absolute atomic E-state index is 6.27. The first kappa shape index (κ1) is 62.3. The average Bonchev–Trinajstić information content (AvgIpc) is 3.44. The van der Waals surface area contributed by atoms with E-state index in [4.69, 9.17) is 33.2 Å². The lowest BCUT2D eigenvalue weighted by Gasteiger charge is -2.37. The molecule has 0 amide bonds. The van der Waals surface area contributed by atoms with Crippen LogP contribution in [0.3, 0.4) is 0 Å². The van der Waals surface area contributed by atoms with E-state index in [1.165, 1.54) is 144 Å². The molecule has 426 valence electrons. The van der Waals surface area contributed by atoms with Crippen LogP contribution in [0.2, 0.25) is 0 Å².